The minimum Gasteiger partial charge on any atom is -0.382 e. The van der Waals surface area contributed by atoms with Gasteiger partial charge in [-0.1, -0.05) is 11.6 Å². The number of anilines is 1. The monoisotopic (exact) mass is 296 g/mol. The Labute approximate surface area is 122 Å². The lowest BCUT2D eigenvalue weighted by Gasteiger charge is -2.44. The third-order valence-corrected chi connectivity index (χ3v) is 3.87. The Balaban J connectivity index is 2.33. The van der Waals surface area contributed by atoms with Gasteiger partial charge in [0.15, 0.2) is 0 Å². The van der Waals surface area contributed by atoms with Crippen molar-refractivity contribution in [3.8, 4) is 0 Å². The summed E-state index contributed by atoms with van der Waals surface area (Å²) >= 11 is 5.89. The van der Waals surface area contributed by atoms with Crippen LogP contribution in [0, 0.1) is 0 Å². The molecular weight excluding hydrogens is 280 g/mol. The molecule has 1 aliphatic rings. The first-order chi connectivity index (χ1) is 9.25. The van der Waals surface area contributed by atoms with Gasteiger partial charge in [0.05, 0.1) is 10.6 Å². The van der Waals surface area contributed by atoms with Crippen molar-refractivity contribution >= 4 is 29.2 Å². The number of aromatic nitrogens is 1. The Bertz CT molecular complexity index is 573. The summed E-state index contributed by atoms with van der Waals surface area (Å²) < 4.78 is 0. The maximum atomic E-state index is 12.5. The van der Waals surface area contributed by atoms with Crippen molar-refractivity contribution in [3.63, 3.8) is 0 Å². The minimum atomic E-state index is -0.891. The first-order valence-electron chi connectivity index (χ1n) is 6.23. The molecule has 1 fully saturated rings. The number of carbonyl (C=O) groups is 2. The third-order valence-electron chi connectivity index (χ3n) is 3.57. The van der Waals surface area contributed by atoms with E-state index in [2.05, 4.69) is 4.98 Å². The molecule has 0 atom stereocenters. The Hall–Kier alpha value is -1.82. The van der Waals surface area contributed by atoms with E-state index in [0.29, 0.717) is 18.7 Å². The Morgan fingerprint density at radius 3 is 2.70 bits per heavy atom. The van der Waals surface area contributed by atoms with E-state index in [9.17, 15) is 9.59 Å². The molecule has 2 heterocycles. The highest BCUT2D eigenvalue weighted by molar-refractivity contribution is 6.33. The number of amides is 2. The molecular formula is C13H17ClN4O2. The van der Waals surface area contributed by atoms with Gasteiger partial charge in [-0.25, -0.2) is 4.98 Å². The molecule has 6 nitrogen and oxygen atoms in total. The molecule has 0 spiro atoms. The van der Waals surface area contributed by atoms with Crippen molar-refractivity contribution in [3.05, 3.63) is 22.8 Å². The topological polar surface area (TPSA) is 79.5 Å². The van der Waals surface area contributed by atoms with Gasteiger partial charge in [-0.2, -0.15) is 0 Å². The summed E-state index contributed by atoms with van der Waals surface area (Å²) in [7, 11) is 1.73. The Kier molecular flexibility index (Phi) is 3.60. The van der Waals surface area contributed by atoms with Gasteiger partial charge in [0.2, 0.25) is 5.91 Å². The SMILES string of the molecule is CN1CCN(C(=O)c2cnc(N)c(Cl)c2)C(C)(C)C1=O. The second kappa shape index (κ2) is 4.94. The van der Waals surface area contributed by atoms with Gasteiger partial charge in [0.25, 0.3) is 5.91 Å². The molecule has 0 radical (unpaired) electrons. The van der Waals surface area contributed by atoms with Gasteiger partial charge >= 0.3 is 0 Å². The average molecular weight is 297 g/mol. The van der Waals surface area contributed by atoms with Crippen LogP contribution in [0.1, 0.15) is 24.2 Å². The van der Waals surface area contributed by atoms with Gasteiger partial charge < -0.3 is 15.5 Å². The van der Waals surface area contributed by atoms with E-state index in [1.165, 1.54) is 12.3 Å². The summed E-state index contributed by atoms with van der Waals surface area (Å²) in [6, 6.07) is 1.48. The molecule has 20 heavy (non-hydrogen) atoms. The summed E-state index contributed by atoms with van der Waals surface area (Å²) in [6.45, 7) is 4.44. The zero-order valence-electron chi connectivity index (χ0n) is 11.7. The van der Waals surface area contributed by atoms with Gasteiger partial charge in [-0.05, 0) is 19.9 Å². The standard InChI is InChI=1S/C13H17ClN4O2/c1-13(2)12(20)17(3)4-5-18(13)11(19)8-6-9(14)10(15)16-7-8/h6-7H,4-5H2,1-3H3,(H2,15,16). The Morgan fingerprint density at radius 2 is 2.10 bits per heavy atom. The van der Waals surface area contributed by atoms with Crippen LogP contribution in [0.4, 0.5) is 5.82 Å². The number of carbonyl (C=O) groups excluding carboxylic acids is 2. The fourth-order valence-corrected chi connectivity index (χ4v) is 2.46. The lowest BCUT2D eigenvalue weighted by Crippen LogP contribution is -2.63. The number of hydrogen-bond donors (Lipinski definition) is 1. The highest BCUT2D eigenvalue weighted by Crippen LogP contribution is 2.25. The van der Waals surface area contributed by atoms with Crippen LogP contribution >= 0.6 is 11.6 Å². The van der Waals surface area contributed by atoms with Crippen LogP contribution < -0.4 is 5.73 Å². The number of rotatable bonds is 1. The Morgan fingerprint density at radius 1 is 1.45 bits per heavy atom. The molecule has 108 valence electrons. The number of nitrogens with two attached hydrogens (primary N) is 1. The quantitative estimate of drug-likeness (QED) is 0.839. The zero-order chi connectivity index (χ0) is 15.1. The molecule has 1 aromatic rings. The average Bonchev–Trinajstić information content (AvgIpc) is 2.39. The largest absolute Gasteiger partial charge is 0.382 e. The predicted octanol–water partition coefficient (Wildman–Crippen LogP) is 1.01. The predicted molar refractivity (Wildman–Crippen MR) is 76.4 cm³/mol. The van der Waals surface area contributed by atoms with Crippen LogP contribution in [-0.2, 0) is 4.79 Å². The van der Waals surface area contributed by atoms with Crippen molar-refractivity contribution in [2.24, 2.45) is 0 Å². The smallest absolute Gasteiger partial charge is 0.256 e. The van der Waals surface area contributed by atoms with Crippen molar-refractivity contribution in [2.45, 2.75) is 19.4 Å². The van der Waals surface area contributed by atoms with E-state index in [0.717, 1.165) is 0 Å². The summed E-state index contributed by atoms with van der Waals surface area (Å²) in [5.41, 5.74) is 4.97. The molecule has 7 heteroatoms. The van der Waals surface area contributed by atoms with E-state index < -0.39 is 5.54 Å². The molecule has 0 bridgehead atoms. The molecule has 2 rings (SSSR count). The summed E-state index contributed by atoms with van der Waals surface area (Å²) in [5, 5.41) is 0.231. The maximum Gasteiger partial charge on any atom is 0.256 e. The summed E-state index contributed by atoms with van der Waals surface area (Å²) in [5.74, 6) is -0.186. The summed E-state index contributed by atoms with van der Waals surface area (Å²) in [4.78, 5) is 31.8. The third kappa shape index (κ3) is 2.31. The maximum absolute atomic E-state index is 12.5. The van der Waals surface area contributed by atoms with E-state index in [4.69, 9.17) is 17.3 Å². The molecule has 1 aliphatic heterocycles. The van der Waals surface area contributed by atoms with Crippen LogP contribution in [0.15, 0.2) is 12.3 Å². The molecule has 1 saturated heterocycles. The van der Waals surface area contributed by atoms with Crippen LogP contribution in [0.2, 0.25) is 5.02 Å². The summed E-state index contributed by atoms with van der Waals surface area (Å²) in [6.07, 6.45) is 1.38. The highest BCUT2D eigenvalue weighted by atomic mass is 35.5. The van der Waals surface area contributed by atoms with E-state index in [1.807, 2.05) is 0 Å². The van der Waals surface area contributed by atoms with Crippen LogP contribution in [0.25, 0.3) is 0 Å². The van der Waals surface area contributed by atoms with Gasteiger partial charge in [-0.3, -0.25) is 9.59 Å². The van der Waals surface area contributed by atoms with Crippen molar-refractivity contribution in [1.82, 2.24) is 14.8 Å². The number of piperazine rings is 1. The van der Waals surface area contributed by atoms with Crippen molar-refractivity contribution < 1.29 is 9.59 Å². The number of nitrogen functional groups attached to an aromatic ring is 1. The van der Waals surface area contributed by atoms with Crippen molar-refractivity contribution in [1.29, 1.82) is 0 Å². The van der Waals surface area contributed by atoms with E-state index in [1.54, 1.807) is 30.7 Å². The normalized spacial score (nSPS) is 18.3. The molecule has 0 aromatic carbocycles. The van der Waals surface area contributed by atoms with Gasteiger partial charge in [0.1, 0.15) is 11.4 Å². The molecule has 0 aliphatic carbocycles. The van der Waals surface area contributed by atoms with E-state index >= 15 is 0 Å². The van der Waals surface area contributed by atoms with Gasteiger partial charge in [-0.15, -0.1) is 0 Å². The van der Waals surface area contributed by atoms with Crippen LogP contribution in [0.5, 0.6) is 0 Å². The lowest BCUT2D eigenvalue weighted by atomic mass is 9.97. The van der Waals surface area contributed by atoms with Crippen LogP contribution in [0.3, 0.4) is 0 Å². The highest BCUT2D eigenvalue weighted by Gasteiger charge is 2.43. The van der Waals surface area contributed by atoms with Crippen molar-refractivity contribution in [2.75, 3.05) is 25.9 Å². The number of nitrogens with zero attached hydrogens (tertiary/aromatic N) is 3. The number of halogens is 1. The number of likely N-dealkylation sites (N-methyl/N-ethyl adjacent to an activating group) is 1. The van der Waals surface area contributed by atoms with E-state index in [-0.39, 0.29) is 22.7 Å². The van der Waals surface area contributed by atoms with Crippen LogP contribution in [-0.4, -0.2) is 52.3 Å². The molecule has 1 aromatic heterocycles. The fraction of sp³-hybridized carbons (Fsp3) is 0.462. The molecule has 2 N–H and O–H groups in total. The lowest BCUT2D eigenvalue weighted by molar-refractivity contribution is -0.144. The minimum absolute atomic E-state index is 0.0911. The molecule has 2 amide bonds. The number of pyridine rings is 1. The fourth-order valence-electron chi connectivity index (χ4n) is 2.29. The second-order valence-corrected chi connectivity index (χ2v) is 5.74. The first-order valence-corrected chi connectivity index (χ1v) is 6.61. The number of hydrogen-bond acceptors (Lipinski definition) is 4. The van der Waals surface area contributed by atoms with Gasteiger partial charge in [0, 0.05) is 26.3 Å². The molecule has 0 unspecified atom stereocenters. The second-order valence-electron chi connectivity index (χ2n) is 5.33. The molecule has 0 saturated carbocycles. The first kappa shape index (κ1) is 14.6. The zero-order valence-corrected chi connectivity index (χ0v) is 12.4.